The van der Waals surface area contributed by atoms with Crippen LogP contribution in [-0.4, -0.2) is 20.1 Å². The van der Waals surface area contributed by atoms with Crippen molar-refractivity contribution in [2.24, 2.45) is 0 Å². The van der Waals surface area contributed by atoms with Gasteiger partial charge in [0.15, 0.2) is 4.87 Å². The number of methoxy groups -OCH3 is 2. The Morgan fingerprint density at radius 2 is 1.82 bits per heavy atom. The number of fused-ring (bicyclic) bond motifs is 1. The highest BCUT2D eigenvalue weighted by Gasteiger charge is 2.49. The first-order valence-corrected chi connectivity index (χ1v) is 7.29. The molecule has 0 aliphatic carbocycles. The number of carbonyl (C=O) groups is 1. The van der Waals surface area contributed by atoms with E-state index >= 15 is 0 Å². The van der Waals surface area contributed by atoms with Crippen LogP contribution in [0.15, 0.2) is 36.4 Å². The molecule has 4 nitrogen and oxygen atoms in total. The van der Waals surface area contributed by atoms with Gasteiger partial charge >= 0.3 is 0 Å². The van der Waals surface area contributed by atoms with Crippen molar-refractivity contribution in [2.75, 3.05) is 19.5 Å². The van der Waals surface area contributed by atoms with Crippen molar-refractivity contribution < 1.29 is 14.3 Å². The highest BCUT2D eigenvalue weighted by atomic mass is 35.5. The first-order chi connectivity index (χ1) is 10.5. The molecule has 114 valence electrons. The standard InChI is InChI=1S/C16H13Cl2NO3/c1-21-10-4-6-14(22-2)12(8-10)16(18)11-7-9(17)3-5-13(11)19-15(16)20/h3-8H,1-2H3,(H,19,20). The molecule has 0 bridgehead atoms. The molecule has 22 heavy (non-hydrogen) atoms. The van der Waals surface area contributed by atoms with Crippen molar-refractivity contribution in [2.45, 2.75) is 4.87 Å². The minimum Gasteiger partial charge on any atom is -0.497 e. The van der Waals surface area contributed by atoms with Crippen molar-refractivity contribution in [3.05, 3.63) is 52.5 Å². The van der Waals surface area contributed by atoms with Crippen LogP contribution < -0.4 is 14.8 Å². The molecular weight excluding hydrogens is 325 g/mol. The molecule has 3 rings (SSSR count). The number of benzene rings is 2. The van der Waals surface area contributed by atoms with Gasteiger partial charge in [0.2, 0.25) is 0 Å². The fraction of sp³-hybridized carbons (Fsp3) is 0.188. The summed E-state index contributed by atoms with van der Waals surface area (Å²) in [6.07, 6.45) is 0. The predicted molar refractivity (Wildman–Crippen MR) is 86.3 cm³/mol. The number of alkyl halides is 1. The summed E-state index contributed by atoms with van der Waals surface area (Å²) in [5.41, 5.74) is 1.74. The number of anilines is 1. The number of carbonyl (C=O) groups excluding carboxylic acids is 1. The molecule has 1 heterocycles. The third kappa shape index (κ3) is 2.11. The summed E-state index contributed by atoms with van der Waals surface area (Å²) in [6, 6.07) is 10.3. The molecule has 1 amide bonds. The van der Waals surface area contributed by atoms with Crippen LogP contribution in [0.3, 0.4) is 0 Å². The Bertz CT molecular complexity index is 763. The van der Waals surface area contributed by atoms with E-state index in [9.17, 15) is 4.79 Å². The topological polar surface area (TPSA) is 47.6 Å². The lowest BCUT2D eigenvalue weighted by Gasteiger charge is -2.23. The van der Waals surface area contributed by atoms with Crippen LogP contribution >= 0.6 is 23.2 Å². The number of nitrogens with one attached hydrogen (secondary N) is 1. The molecule has 0 aromatic heterocycles. The number of hydrogen-bond acceptors (Lipinski definition) is 3. The summed E-state index contributed by atoms with van der Waals surface area (Å²) in [5.74, 6) is 0.732. The van der Waals surface area contributed by atoms with Crippen molar-refractivity contribution >= 4 is 34.8 Å². The monoisotopic (exact) mass is 337 g/mol. The minimum atomic E-state index is -1.42. The minimum absolute atomic E-state index is 0.349. The third-order valence-electron chi connectivity index (χ3n) is 3.69. The molecular formula is C16H13Cl2NO3. The molecule has 1 unspecified atom stereocenters. The van der Waals surface area contributed by atoms with E-state index in [4.69, 9.17) is 32.7 Å². The SMILES string of the molecule is COc1ccc(OC)c(C2(Cl)C(=O)Nc3ccc(Cl)cc32)c1. The average molecular weight is 338 g/mol. The van der Waals surface area contributed by atoms with Crippen LogP contribution in [0.1, 0.15) is 11.1 Å². The summed E-state index contributed by atoms with van der Waals surface area (Å²) in [7, 11) is 3.07. The van der Waals surface area contributed by atoms with Crippen LogP contribution in [0.4, 0.5) is 5.69 Å². The van der Waals surface area contributed by atoms with Gasteiger partial charge in [-0.25, -0.2) is 0 Å². The number of halogens is 2. The van der Waals surface area contributed by atoms with Gasteiger partial charge < -0.3 is 14.8 Å². The normalized spacial score (nSPS) is 19.5. The Morgan fingerprint density at radius 1 is 1.05 bits per heavy atom. The smallest absolute Gasteiger partial charge is 0.254 e. The zero-order chi connectivity index (χ0) is 15.9. The fourth-order valence-corrected chi connectivity index (χ4v) is 3.12. The quantitative estimate of drug-likeness (QED) is 0.866. The van der Waals surface area contributed by atoms with E-state index < -0.39 is 4.87 Å². The predicted octanol–water partition coefficient (Wildman–Crippen LogP) is 3.79. The second-order valence-electron chi connectivity index (χ2n) is 4.87. The highest BCUT2D eigenvalue weighted by molar-refractivity contribution is 6.42. The Kier molecular flexibility index (Phi) is 3.67. The lowest BCUT2D eigenvalue weighted by Crippen LogP contribution is -2.30. The molecule has 2 aromatic carbocycles. The zero-order valence-electron chi connectivity index (χ0n) is 11.9. The van der Waals surface area contributed by atoms with Gasteiger partial charge in [-0.05, 0) is 36.4 Å². The number of ether oxygens (including phenoxy) is 2. The molecule has 6 heteroatoms. The van der Waals surface area contributed by atoms with E-state index in [0.29, 0.717) is 33.3 Å². The summed E-state index contributed by atoms with van der Waals surface area (Å²) in [5, 5.41) is 3.28. The number of rotatable bonds is 3. The van der Waals surface area contributed by atoms with Crippen LogP contribution in [-0.2, 0) is 9.67 Å². The summed E-state index contributed by atoms with van der Waals surface area (Å²) < 4.78 is 10.6. The lowest BCUT2D eigenvalue weighted by atomic mass is 9.90. The molecule has 0 fully saturated rings. The molecule has 0 saturated carbocycles. The summed E-state index contributed by atoms with van der Waals surface area (Å²) in [4.78, 5) is 11.1. The third-order valence-corrected chi connectivity index (χ3v) is 4.51. The zero-order valence-corrected chi connectivity index (χ0v) is 13.5. The molecule has 1 aliphatic heterocycles. The van der Waals surface area contributed by atoms with Gasteiger partial charge in [-0.1, -0.05) is 23.2 Å². The number of amides is 1. The van der Waals surface area contributed by atoms with Crippen molar-refractivity contribution in [1.82, 2.24) is 0 Å². The summed E-state index contributed by atoms with van der Waals surface area (Å²) in [6.45, 7) is 0. The van der Waals surface area contributed by atoms with Crippen LogP contribution in [0.5, 0.6) is 11.5 Å². The molecule has 1 aliphatic rings. The molecule has 2 aromatic rings. The van der Waals surface area contributed by atoms with E-state index in [0.717, 1.165) is 0 Å². The van der Waals surface area contributed by atoms with Crippen molar-refractivity contribution in [1.29, 1.82) is 0 Å². The molecule has 1 atom stereocenters. The van der Waals surface area contributed by atoms with Crippen LogP contribution in [0.25, 0.3) is 0 Å². The highest BCUT2D eigenvalue weighted by Crippen LogP contribution is 2.50. The first kappa shape index (κ1) is 15.0. The maximum atomic E-state index is 12.5. The molecule has 0 saturated heterocycles. The first-order valence-electron chi connectivity index (χ1n) is 6.53. The lowest BCUT2D eigenvalue weighted by molar-refractivity contribution is -0.117. The largest absolute Gasteiger partial charge is 0.497 e. The van der Waals surface area contributed by atoms with Crippen LogP contribution in [0, 0.1) is 0 Å². The second-order valence-corrected chi connectivity index (χ2v) is 5.87. The van der Waals surface area contributed by atoms with Gasteiger partial charge in [0.05, 0.1) is 14.2 Å². The molecule has 0 spiro atoms. The van der Waals surface area contributed by atoms with Gasteiger partial charge in [-0.3, -0.25) is 4.79 Å². The van der Waals surface area contributed by atoms with Gasteiger partial charge in [-0.2, -0.15) is 0 Å². The van der Waals surface area contributed by atoms with Crippen molar-refractivity contribution in [3.63, 3.8) is 0 Å². The Labute approximate surface area is 137 Å². The van der Waals surface area contributed by atoms with Gasteiger partial charge in [-0.15, -0.1) is 0 Å². The summed E-state index contributed by atoms with van der Waals surface area (Å²) >= 11 is 12.8. The fourth-order valence-electron chi connectivity index (χ4n) is 2.59. The van der Waals surface area contributed by atoms with E-state index in [-0.39, 0.29) is 5.91 Å². The number of hydrogen-bond donors (Lipinski definition) is 1. The molecule has 1 N–H and O–H groups in total. The maximum absolute atomic E-state index is 12.5. The van der Waals surface area contributed by atoms with Gasteiger partial charge in [0.25, 0.3) is 5.91 Å². The van der Waals surface area contributed by atoms with Gasteiger partial charge in [0, 0.05) is 21.8 Å². The van der Waals surface area contributed by atoms with Crippen molar-refractivity contribution in [3.8, 4) is 11.5 Å². The van der Waals surface area contributed by atoms with E-state index in [1.165, 1.54) is 7.11 Å². The molecule has 0 radical (unpaired) electrons. The Balaban J connectivity index is 2.27. The average Bonchev–Trinajstić information content (AvgIpc) is 2.79. The van der Waals surface area contributed by atoms with E-state index in [2.05, 4.69) is 5.32 Å². The van der Waals surface area contributed by atoms with E-state index in [1.54, 1.807) is 43.5 Å². The second kappa shape index (κ2) is 5.38. The van der Waals surface area contributed by atoms with Crippen LogP contribution in [0.2, 0.25) is 5.02 Å². The Hall–Kier alpha value is -1.91. The maximum Gasteiger partial charge on any atom is 0.254 e. The Morgan fingerprint density at radius 3 is 2.50 bits per heavy atom. The van der Waals surface area contributed by atoms with Gasteiger partial charge in [0.1, 0.15) is 11.5 Å². The van der Waals surface area contributed by atoms with E-state index in [1.807, 2.05) is 0 Å².